The number of anilines is 1. The van der Waals surface area contributed by atoms with Crippen molar-refractivity contribution >= 4 is 27.4 Å². The van der Waals surface area contributed by atoms with Crippen LogP contribution in [0, 0.1) is 0 Å². The number of para-hydroxylation sites is 1. The van der Waals surface area contributed by atoms with Gasteiger partial charge in [0.25, 0.3) is 0 Å². The second kappa shape index (κ2) is 9.75. The van der Waals surface area contributed by atoms with Crippen LogP contribution in [0.5, 0.6) is 5.75 Å². The van der Waals surface area contributed by atoms with Crippen LogP contribution < -0.4 is 9.64 Å². The summed E-state index contributed by atoms with van der Waals surface area (Å²) >= 11 is 1.93. The first-order chi connectivity index (χ1) is 15.7. The molecule has 1 fully saturated rings. The highest BCUT2D eigenvalue weighted by molar-refractivity contribution is 7.19. The van der Waals surface area contributed by atoms with Crippen molar-refractivity contribution in [2.24, 2.45) is 0 Å². The smallest absolute Gasteiger partial charge is 0.141 e. The maximum absolute atomic E-state index is 5.91. The van der Waals surface area contributed by atoms with E-state index in [0.717, 1.165) is 50.9 Å². The first-order valence-corrected chi connectivity index (χ1v) is 13.0. The van der Waals surface area contributed by atoms with Crippen LogP contribution in [-0.4, -0.2) is 54.2 Å². The number of aromatic nitrogens is 2. The Morgan fingerprint density at radius 1 is 0.969 bits per heavy atom. The average Bonchev–Trinajstić information content (AvgIpc) is 3.00. The van der Waals surface area contributed by atoms with Gasteiger partial charge in [-0.25, -0.2) is 9.97 Å². The molecule has 0 unspecified atom stereocenters. The molecule has 0 radical (unpaired) electrons. The predicted octanol–water partition coefficient (Wildman–Crippen LogP) is 5.28. The van der Waals surface area contributed by atoms with E-state index in [-0.39, 0.29) is 0 Å². The minimum absolute atomic E-state index is 0.344. The lowest BCUT2D eigenvalue weighted by Gasteiger charge is -2.36. The number of rotatable bonds is 6. The number of ether oxygens (including phenoxy) is 1. The van der Waals surface area contributed by atoms with E-state index >= 15 is 0 Å². The maximum Gasteiger partial charge on any atom is 0.141 e. The third-order valence-corrected chi connectivity index (χ3v) is 7.86. The summed E-state index contributed by atoms with van der Waals surface area (Å²) in [4.78, 5) is 17.9. The Bertz CT molecular complexity index is 1040. The van der Waals surface area contributed by atoms with Crippen molar-refractivity contribution in [3.05, 3.63) is 46.6 Å². The molecule has 5 rings (SSSR count). The van der Waals surface area contributed by atoms with Gasteiger partial charge in [-0.05, 0) is 43.4 Å². The number of benzene rings is 1. The van der Waals surface area contributed by atoms with Gasteiger partial charge in [-0.2, -0.15) is 0 Å². The van der Waals surface area contributed by atoms with Crippen molar-refractivity contribution < 1.29 is 4.74 Å². The molecule has 0 spiro atoms. The lowest BCUT2D eigenvalue weighted by molar-refractivity contribution is 0.200. The highest BCUT2D eigenvalue weighted by Gasteiger charge is 2.26. The number of thiophene rings is 1. The molecule has 3 aromatic rings. The number of fused-ring (bicyclic) bond motifs is 3. The molecule has 6 heteroatoms. The normalized spacial score (nSPS) is 17.5. The fraction of sp³-hybridized carbons (Fsp3) is 0.538. The Morgan fingerprint density at radius 2 is 1.75 bits per heavy atom. The van der Waals surface area contributed by atoms with Gasteiger partial charge >= 0.3 is 0 Å². The van der Waals surface area contributed by atoms with Crippen LogP contribution in [0.25, 0.3) is 10.2 Å². The van der Waals surface area contributed by atoms with Crippen LogP contribution in [0.15, 0.2) is 30.3 Å². The summed E-state index contributed by atoms with van der Waals surface area (Å²) in [5, 5.41) is 1.36. The maximum atomic E-state index is 5.91. The van der Waals surface area contributed by atoms with Gasteiger partial charge in [-0.3, -0.25) is 4.90 Å². The molecule has 0 saturated carbocycles. The molecule has 1 aromatic carbocycles. The number of hydrogen-bond acceptors (Lipinski definition) is 6. The summed E-state index contributed by atoms with van der Waals surface area (Å²) in [6.45, 7) is 10.2. The SMILES string of the molecule is CC(C)c1nc(N2CCN(CCOc3ccccc3)CC2)c2c3c(sc2n1)CCCCC3. The molecular weight excluding hydrogens is 416 g/mol. The molecule has 1 aliphatic heterocycles. The van der Waals surface area contributed by atoms with E-state index in [1.165, 1.54) is 48.1 Å². The first kappa shape index (κ1) is 21.7. The summed E-state index contributed by atoms with van der Waals surface area (Å²) in [5.74, 6) is 3.48. The van der Waals surface area contributed by atoms with Crippen LogP contribution >= 0.6 is 11.3 Å². The summed E-state index contributed by atoms with van der Waals surface area (Å²) in [7, 11) is 0. The Balaban J connectivity index is 1.31. The van der Waals surface area contributed by atoms with Gasteiger partial charge in [0.15, 0.2) is 0 Å². The van der Waals surface area contributed by atoms with Crippen LogP contribution in [0.2, 0.25) is 0 Å². The van der Waals surface area contributed by atoms with Crippen molar-refractivity contribution in [3.63, 3.8) is 0 Å². The van der Waals surface area contributed by atoms with Gasteiger partial charge in [0, 0.05) is 43.5 Å². The van der Waals surface area contributed by atoms with Crippen LogP contribution in [-0.2, 0) is 12.8 Å². The van der Waals surface area contributed by atoms with Gasteiger partial charge in [0.2, 0.25) is 0 Å². The van der Waals surface area contributed by atoms with E-state index in [2.05, 4.69) is 23.6 Å². The molecule has 5 nitrogen and oxygen atoms in total. The molecule has 0 bridgehead atoms. The second-order valence-corrected chi connectivity index (χ2v) is 10.4. The van der Waals surface area contributed by atoms with Gasteiger partial charge in [0.1, 0.15) is 28.8 Å². The van der Waals surface area contributed by atoms with Gasteiger partial charge < -0.3 is 9.64 Å². The molecule has 2 aliphatic rings. The van der Waals surface area contributed by atoms with E-state index in [4.69, 9.17) is 14.7 Å². The Kier molecular flexibility index (Phi) is 6.60. The molecule has 3 heterocycles. The van der Waals surface area contributed by atoms with E-state index in [9.17, 15) is 0 Å². The molecule has 0 atom stereocenters. The second-order valence-electron chi connectivity index (χ2n) is 9.29. The quantitative estimate of drug-likeness (QED) is 0.478. The van der Waals surface area contributed by atoms with Crippen molar-refractivity contribution in [1.29, 1.82) is 0 Å². The molecule has 2 aromatic heterocycles. The Labute approximate surface area is 195 Å². The van der Waals surface area contributed by atoms with E-state index in [0.29, 0.717) is 5.92 Å². The lowest BCUT2D eigenvalue weighted by atomic mass is 10.1. The van der Waals surface area contributed by atoms with Gasteiger partial charge in [0.05, 0.1) is 5.39 Å². The molecule has 1 saturated heterocycles. The van der Waals surface area contributed by atoms with Crippen LogP contribution in [0.1, 0.15) is 55.3 Å². The molecule has 0 N–H and O–H groups in total. The zero-order valence-electron chi connectivity index (χ0n) is 19.3. The zero-order valence-corrected chi connectivity index (χ0v) is 20.2. The van der Waals surface area contributed by atoms with Crippen molar-refractivity contribution in [3.8, 4) is 5.75 Å². The highest BCUT2D eigenvalue weighted by atomic mass is 32.1. The molecule has 32 heavy (non-hydrogen) atoms. The largest absolute Gasteiger partial charge is 0.492 e. The van der Waals surface area contributed by atoms with Crippen molar-refractivity contribution in [1.82, 2.24) is 14.9 Å². The summed E-state index contributed by atoms with van der Waals surface area (Å²) in [6, 6.07) is 10.1. The number of hydrogen-bond donors (Lipinski definition) is 0. The van der Waals surface area contributed by atoms with Gasteiger partial charge in [-0.15, -0.1) is 11.3 Å². The molecular formula is C26H34N4OS. The Morgan fingerprint density at radius 3 is 2.53 bits per heavy atom. The lowest BCUT2D eigenvalue weighted by Crippen LogP contribution is -2.48. The van der Waals surface area contributed by atoms with E-state index < -0.39 is 0 Å². The number of piperazine rings is 1. The fourth-order valence-electron chi connectivity index (χ4n) is 4.81. The summed E-state index contributed by atoms with van der Waals surface area (Å²) in [6.07, 6.45) is 6.33. The number of aryl methyl sites for hydroxylation is 2. The fourth-order valence-corrected chi connectivity index (χ4v) is 6.07. The third kappa shape index (κ3) is 4.62. The standard InChI is InChI=1S/C26H34N4OS/c1-19(2)24-27-25(23-21-11-7-4-8-12-22(21)32-26(23)28-24)30-15-13-29(14-16-30)17-18-31-20-9-5-3-6-10-20/h3,5-6,9-10,19H,4,7-8,11-18H2,1-2H3. The highest BCUT2D eigenvalue weighted by Crippen LogP contribution is 2.40. The van der Waals surface area contributed by atoms with Crippen molar-refractivity contribution in [2.45, 2.75) is 51.9 Å². The monoisotopic (exact) mass is 450 g/mol. The van der Waals surface area contributed by atoms with E-state index in [1.807, 2.05) is 41.7 Å². The van der Waals surface area contributed by atoms with Gasteiger partial charge in [-0.1, -0.05) is 38.5 Å². The van der Waals surface area contributed by atoms with E-state index in [1.54, 1.807) is 10.4 Å². The summed E-state index contributed by atoms with van der Waals surface area (Å²) in [5.41, 5.74) is 1.55. The predicted molar refractivity (Wildman–Crippen MR) is 133 cm³/mol. The van der Waals surface area contributed by atoms with Crippen molar-refractivity contribution in [2.75, 3.05) is 44.2 Å². The summed E-state index contributed by atoms with van der Waals surface area (Å²) < 4.78 is 5.91. The Hall–Kier alpha value is -2.18. The third-order valence-electron chi connectivity index (χ3n) is 6.67. The zero-order chi connectivity index (χ0) is 21.9. The molecule has 170 valence electrons. The first-order valence-electron chi connectivity index (χ1n) is 12.2. The average molecular weight is 451 g/mol. The van der Waals surface area contributed by atoms with Crippen LogP contribution in [0.4, 0.5) is 5.82 Å². The minimum Gasteiger partial charge on any atom is -0.492 e. The molecule has 0 amide bonds. The van der Waals surface area contributed by atoms with Crippen LogP contribution in [0.3, 0.4) is 0 Å². The molecule has 1 aliphatic carbocycles. The topological polar surface area (TPSA) is 41.5 Å². The number of nitrogens with zero attached hydrogens (tertiary/aromatic N) is 4. The minimum atomic E-state index is 0.344.